The molecule has 0 bridgehead atoms. The molecular weight excluding hydrogens is 350 g/mol. The Morgan fingerprint density at radius 1 is 1.17 bits per heavy atom. The number of benzene rings is 2. The molecule has 0 heterocycles. The Bertz CT molecular complexity index is 819. The molecule has 2 rings (SSSR count). The van der Waals surface area contributed by atoms with E-state index in [1.54, 1.807) is 12.1 Å². The molecule has 0 radical (unpaired) electrons. The van der Waals surface area contributed by atoms with Gasteiger partial charge in [0.1, 0.15) is 5.69 Å². The van der Waals surface area contributed by atoms with Gasteiger partial charge < -0.3 is 5.32 Å². The fourth-order valence-corrected chi connectivity index (χ4v) is 2.57. The van der Waals surface area contributed by atoms with Gasteiger partial charge in [0, 0.05) is 16.7 Å². The Morgan fingerprint density at radius 2 is 1.79 bits per heavy atom. The highest BCUT2D eigenvalue weighted by Crippen LogP contribution is 2.27. The number of thiocarbonyl (C=S) groups is 1. The lowest BCUT2D eigenvalue weighted by Crippen LogP contribution is -2.34. The summed E-state index contributed by atoms with van der Waals surface area (Å²) in [6, 6.07) is 9.54. The van der Waals surface area contributed by atoms with Gasteiger partial charge in [0.05, 0.1) is 4.92 Å². The fourth-order valence-electron chi connectivity index (χ4n) is 2.20. The summed E-state index contributed by atoms with van der Waals surface area (Å²) in [5.41, 5.74) is 2.28. The van der Waals surface area contributed by atoms with E-state index in [2.05, 4.69) is 10.6 Å². The Morgan fingerprint density at radius 3 is 2.38 bits per heavy atom. The van der Waals surface area contributed by atoms with E-state index >= 15 is 0 Å². The summed E-state index contributed by atoms with van der Waals surface area (Å²) >= 11 is 10.8. The first kappa shape index (κ1) is 17.8. The molecule has 0 aliphatic carbocycles. The number of hydrogen-bond acceptors (Lipinski definition) is 4. The summed E-state index contributed by atoms with van der Waals surface area (Å²) in [4.78, 5) is 22.7. The normalized spacial score (nSPS) is 10.1. The zero-order valence-corrected chi connectivity index (χ0v) is 14.5. The number of carbonyl (C=O) groups is 1. The van der Waals surface area contributed by atoms with E-state index < -0.39 is 10.8 Å². The molecule has 8 heteroatoms. The fraction of sp³-hybridized carbons (Fsp3) is 0.125. The van der Waals surface area contributed by atoms with Crippen molar-refractivity contribution in [3.8, 4) is 0 Å². The lowest BCUT2D eigenvalue weighted by molar-refractivity contribution is -0.383. The summed E-state index contributed by atoms with van der Waals surface area (Å²) in [6.45, 7) is 3.77. The molecule has 0 aliphatic heterocycles. The van der Waals surface area contributed by atoms with Crippen LogP contribution in [0.4, 0.5) is 11.4 Å². The molecule has 0 atom stereocenters. The van der Waals surface area contributed by atoms with Gasteiger partial charge in [-0.25, -0.2) is 0 Å². The number of nitrogens with one attached hydrogen (secondary N) is 2. The second kappa shape index (κ2) is 7.37. The van der Waals surface area contributed by atoms with E-state index in [4.69, 9.17) is 23.8 Å². The van der Waals surface area contributed by atoms with E-state index in [0.717, 1.165) is 11.1 Å². The van der Waals surface area contributed by atoms with Gasteiger partial charge in [-0.2, -0.15) is 0 Å². The van der Waals surface area contributed by atoms with Gasteiger partial charge in [-0.3, -0.25) is 20.2 Å². The van der Waals surface area contributed by atoms with Gasteiger partial charge in [0.25, 0.3) is 11.6 Å². The van der Waals surface area contributed by atoms with Crippen LogP contribution in [0, 0.1) is 24.0 Å². The summed E-state index contributed by atoms with van der Waals surface area (Å²) in [5.74, 6) is -0.393. The molecule has 0 saturated carbocycles. The van der Waals surface area contributed by atoms with Crippen LogP contribution in [-0.2, 0) is 0 Å². The van der Waals surface area contributed by atoms with Crippen molar-refractivity contribution < 1.29 is 9.72 Å². The van der Waals surface area contributed by atoms with Gasteiger partial charge in [-0.05, 0) is 50.3 Å². The summed E-state index contributed by atoms with van der Waals surface area (Å²) < 4.78 is 0. The van der Waals surface area contributed by atoms with Crippen LogP contribution >= 0.6 is 23.8 Å². The predicted octanol–water partition coefficient (Wildman–Crippen LogP) is 3.99. The maximum Gasteiger partial charge on any atom is 0.294 e. The molecule has 0 spiro atoms. The number of carbonyl (C=O) groups excluding carboxylic acids is 1. The van der Waals surface area contributed by atoms with Crippen LogP contribution in [0.5, 0.6) is 0 Å². The van der Waals surface area contributed by atoms with Crippen LogP contribution in [0.2, 0.25) is 5.02 Å². The molecule has 2 N–H and O–H groups in total. The maximum absolute atomic E-state index is 12.2. The van der Waals surface area contributed by atoms with Gasteiger partial charge in [0.2, 0.25) is 0 Å². The first-order valence-electron chi connectivity index (χ1n) is 6.91. The minimum atomic E-state index is -0.581. The van der Waals surface area contributed by atoms with Gasteiger partial charge in [-0.15, -0.1) is 0 Å². The van der Waals surface area contributed by atoms with E-state index in [1.807, 2.05) is 19.9 Å². The monoisotopic (exact) mass is 363 g/mol. The lowest BCUT2D eigenvalue weighted by atomic mass is 10.1. The average molecular weight is 364 g/mol. The topological polar surface area (TPSA) is 84.3 Å². The lowest BCUT2D eigenvalue weighted by Gasteiger charge is -2.11. The van der Waals surface area contributed by atoms with Crippen LogP contribution in [-0.4, -0.2) is 15.9 Å². The molecule has 2 aromatic rings. The molecule has 124 valence electrons. The minimum Gasteiger partial charge on any atom is -0.327 e. The van der Waals surface area contributed by atoms with E-state index in [9.17, 15) is 14.9 Å². The van der Waals surface area contributed by atoms with Gasteiger partial charge in [0.15, 0.2) is 5.11 Å². The predicted molar refractivity (Wildman–Crippen MR) is 97.7 cm³/mol. The van der Waals surface area contributed by atoms with Crippen molar-refractivity contribution in [2.24, 2.45) is 0 Å². The molecule has 24 heavy (non-hydrogen) atoms. The number of rotatable bonds is 3. The second-order valence-electron chi connectivity index (χ2n) is 5.20. The highest BCUT2D eigenvalue weighted by molar-refractivity contribution is 7.80. The number of aryl methyl sites for hydroxylation is 2. The molecule has 1 amide bonds. The zero-order chi connectivity index (χ0) is 17.9. The number of halogens is 1. The first-order valence-corrected chi connectivity index (χ1v) is 7.69. The van der Waals surface area contributed by atoms with Crippen molar-refractivity contribution in [3.63, 3.8) is 0 Å². The number of nitro benzene ring substituents is 1. The van der Waals surface area contributed by atoms with Crippen molar-refractivity contribution in [2.75, 3.05) is 5.32 Å². The molecule has 0 saturated heterocycles. The summed E-state index contributed by atoms with van der Waals surface area (Å²) in [6.07, 6.45) is 0. The molecule has 0 aromatic heterocycles. The van der Waals surface area contributed by atoms with Crippen LogP contribution in [0.25, 0.3) is 0 Å². The first-order chi connectivity index (χ1) is 11.3. The third-order valence-corrected chi connectivity index (χ3v) is 3.55. The number of hydrogen-bond donors (Lipinski definition) is 2. The zero-order valence-electron chi connectivity index (χ0n) is 12.9. The maximum atomic E-state index is 12.2. The van der Waals surface area contributed by atoms with E-state index in [1.165, 1.54) is 18.2 Å². The van der Waals surface area contributed by atoms with Crippen molar-refractivity contribution in [3.05, 3.63) is 68.2 Å². The van der Waals surface area contributed by atoms with Crippen molar-refractivity contribution >= 4 is 46.2 Å². The molecule has 6 nitrogen and oxygen atoms in total. The second-order valence-corrected chi connectivity index (χ2v) is 6.05. The van der Waals surface area contributed by atoms with Gasteiger partial charge >= 0.3 is 0 Å². The Labute approximate surface area is 149 Å². The number of nitro groups is 1. The third kappa shape index (κ3) is 4.50. The molecule has 0 fully saturated rings. The van der Waals surface area contributed by atoms with Gasteiger partial charge in [-0.1, -0.05) is 28.8 Å². The highest BCUT2D eigenvalue weighted by Gasteiger charge is 2.16. The number of amides is 1. The Hall–Kier alpha value is -2.51. The molecule has 0 unspecified atom stereocenters. The quantitative estimate of drug-likeness (QED) is 0.489. The van der Waals surface area contributed by atoms with E-state index in [0.29, 0.717) is 5.56 Å². The SMILES string of the molecule is Cc1cc(C)cc(C(=O)NC(=S)Nc2ccc(Cl)cc2[N+](=O)[O-])c1. The van der Waals surface area contributed by atoms with E-state index in [-0.39, 0.29) is 21.5 Å². The minimum absolute atomic E-state index is 0.0374. The molecule has 0 aliphatic rings. The Kier molecular flexibility index (Phi) is 5.48. The Balaban J connectivity index is 2.14. The largest absolute Gasteiger partial charge is 0.327 e. The van der Waals surface area contributed by atoms with Crippen molar-refractivity contribution in [1.29, 1.82) is 0 Å². The molecule has 2 aromatic carbocycles. The van der Waals surface area contributed by atoms with Crippen LogP contribution in [0.15, 0.2) is 36.4 Å². The highest BCUT2D eigenvalue weighted by atomic mass is 35.5. The smallest absolute Gasteiger partial charge is 0.294 e. The number of nitrogens with zero attached hydrogens (tertiary/aromatic N) is 1. The summed E-state index contributed by atoms with van der Waals surface area (Å²) in [5, 5.41) is 16.4. The summed E-state index contributed by atoms with van der Waals surface area (Å²) in [7, 11) is 0. The van der Waals surface area contributed by atoms with Crippen LogP contribution in [0.3, 0.4) is 0 Å². The number of anilines is 1. The van der Waals surface area contributed by atoms with Crippen molar-refractivity contribution in [1.82, 2.24) is 5.32 Å². The van der Waals surface area contributed by atoms with Crippen molar-refractivity contribution in [2.45, 2.75) is 13.8 Å². The average Bonchev–Trinajstić information content (AvgIpc) is 2.47. The van der Waals surface area contributed by atoms with Crippen LogP contribution < -0.4 is 10.6 Å². The molecular formula is C16H14ClN3O3S. The van der Waals surface area contributed by atoms with Crippen LogP contribution in [0.1, 0.15) is 21.5 Å². The standard InChI is InChI=1S/C16H14ClN3O3S/c1-9-5-10(2)7-11(6-9)15(21)19-16(24)18-13-4-3-12(17)8-14(13)20(22)23/h3-8H,1-2H3,(H2,18,19,21,24). The third-order valence-electron chi connectivity index (χ3n) is 3.12.